The van der Waals surface area contributed by atoms with Crippen LogP contribution in [-0.2, 0) is 32.0 Å². The molecule has 0 aliphatic heterocycles. The summed E-state index contributed by atoms with van der Waals surface area (Å²) >= 11 is 2.12. The first-order valence-corrected chi connectivity index (χ1v) is 16.2. The molecule has 0 atom stereocenters. The third kappa shape index (κ3) is 8.37. The Morgan fingerprint density at radius 1 is 0.911 bits per heavy atom. The summed E-state index contributed by atoms with van der Waals surface area (Å²) in [6, 6.07) is 15.4. The highest BCUT2D eigenvalue weighted by molar-refractivity contribution is 7.99. The molecule has 0 spiro atoms. The molecule has 2 amide bonds. The highest BCUT2D eigenvalue weighted by Crippen LogP contribution is 2.35. The summed E-state index contributed by atoms with van der Waals surface area (Å²) in [6.45, 7) is 9.36. The van der Waals surface area contributed by atoms with Crippen molar-refractivity contribution >= 4 is 51.9 Å². The lowest BCUT2D eigenvalue weighted by Gasteiger charge is -2.14. The summed E-state index contributed by atoms with van der Waals surface area (Å²) in [4.78, 5) is 51.3. The second-order valence-electron chi connectivity index (χ2n) is 10.0. The predicted octanol–water partition coefficient (Wildman–Crippen LogP) is 5.20. The molecule has 0 saturated carbocycles. The first kappa shape index (κ1) is 33.4. The Balaban J connectivity index is 1.55. The van der Waals surface area contributed by atoms with Crippen LogP contribution in [0.4, 0.5) is 5.00 Å². The maximum Gasteiger partial charge on any atom is 0.348 e. The number of aromatic nitrogens is 3. The summed E-state index contributed by atoms with van der Waals surface area (Å²) in [7, 11) is 0. The molecule has 236 valence electrons. The summed E-state index contributed by atoms with van der Waals surface area (Å²) in [5, 5.41) is 15.0. The predicted molar refractivity (Wildman–Crippen MR) is 173 cm³/mol. The molecule has 0 unspecified atom stereocenters. The second kappa shape index (κ2) is 15.5. The lowest BCUT2D eigenvalue weighted by Crippen LogP contribution is -2.26. The van der Waals surface area contributed by atoms with Gasteiger partial charge in [-0.25, -0.2) is 9.59 Å². The van der Waals surface area contributed by atoms with Gasteiger partial charge in [-0.05, 0) is 62.9 Å². The van der Waals surface area contributed by atoms with Crippen LogP contribution < -0.4 is 10.6 Å². The van der Waals surface area contributed by atoms with Crippen molar-refractivity contribution in [2.45, 2.75) is 52.7 Å². The van der Waals surface area contributed by atoms with Crippen LogP contribution in [0.5, 0.6) is 0 Å². The smallest absolute Gasteiger partial charge is 0.348 e. The molecule has 2 aromatic heterocycles. The Labute approximate surface area is 269 Å². The van der Waals surface area contributed by atoms with E-state index in [1.807, 2.05) is 66.9 Å². The van der Waals surface area contributed by atoms with Gasteiger partial charge in [-0.2, -0.15) is 0 Å². The van der Waals surface area contributed by atoms with Gasteiger partial charge in [0.15, 0.2) is 11.0 Å². The number of esters is 2. The first-order valence-electron chi connectivity index (χ1n) is 14.4. The number of amides is 2. The Kier molecular flexibility index (Phi) is 11.5. The van der Waals surface area contributed by atoms with E-state index in [0.717, 1.165) is 45.5 Å². The van der Waals surface area contributed by atoms with Gasteiger partial charge in [0, 0.05) is 0 Å². The Morgan fingerprint density at radius 3 is 2.33 bits per heavy atom. The van der Waals surface area contributed by atoms with Crippen LogP contribution in [0, 0.1) is 20.8 Å². The van der Waals surface area contributed by atoms with Crippen LogP contribution in [0.25, 0.3) is 5.69 Å². The van der Waals surface area contributed by atoms with E-state index in [1.165, 1.54) is 0 Å². The van der Waals surface area contributed by atoms with E-state index < -0.39 is 17.8 Å². The zero-order valence-electron chi connectivity index (χ0n) is 25.8. The minimum absolute atomic E-state index is 0.0721. The van der Waals surface area contributed by atoms with Crippen molar-refractivity contribution in [1.29, 1.82) is 0 Å². The molecule has 11 nitrogen and oxygen atoms in total. The summed E-state index contributed by atoms with van der Waals surface area (Å²) in [5.74, 6) is -1.36. The molecule has 0 aliphatic rings. The van der Waals surface area contributed by atoms with Crippen molar-refractivity contribution in [2.75, 3.05) is 24.3 Å². The van der Waals surface area contributed by atoms with Crippen molar-refractivity contribution in [3.05, 3.63) is 87.0 Å². The number of benzene rings is 2. The number of hydrogen-bond acceptors (Lipinski definition) is 10. The number of nitrogens with one attached hydrogen (secondary N) is 2. The van der Waals surface area contributed by atoms with E-state index in [0.29, 0.717) is 16.5 Å². The topological polar surface area (TPSA) is 142 Å². The van der Waals surface area contributed by atoms with E-state index in [4.69, 9.17) is 9.47 Å². The molecule has 0 fully saturated rings. The maximum absolute atomic E-state index is 13.2. The molecule has 2 heterocycles. The van der Waals surface area contributed by atoms with Gasteiger partial charge >= 0.3 is 11.9 Å². The minimum atomic E-state index is -0.640. The number of thioether (sulfide) groups is 1. The summed E-state index contributed by atoms with van der Waals surface area (Å²) < 4.78 is 12.1. The molecular weight excluding hydrogens is 615 g/mol. The van der Waals surface area contributed by atoms with E-state index in [2.05, 4.69) is 20.8 Å². The van der Waals surface area contributed by atoms with Crippen LogP contribution in [-0.4, -0.2) is 57.5 Å². The van der Waals surface area contributed by atoms with E-state index in [9.17, 15) is 19.2 Å². The molecular formula is C32H35N5O6S2. The third-order valence-electron chi connectivity index (χ3n) is 6.63. The number of carbonyl (C=O) groups excluding carboxylic acids is 4. The fourth-order valence-corrected chi connectivity index (χ4v) is 6.34. The highest BCUT2D eigenvalue weighted by Gasteiger charge is 2.27. The zero-order chi connectivity index (χ0) is 32.5. The average molecular weight is 650 g/mol. The first-order chi connectivity index (χ1) is 21.6. The summed E-state index contributed by atoms with van der Waals surface area (Å²) in [6.07, 6.45) is 0.230. The molecule has 0 aliphatic carbocycles. The molecule has 0 saturated heterocycles. The van der Waals surface area contributed by atoms with Crippen LogP contribution in [0.15, 0.2) is 53.7 Å². The van der Waals surface area contributed by atoms with Crippen LogP contribution in [0.2, 0.25) is 0 Å². The Bertz CT molecular complexity index is 1700. The van der Waals surface area contributed by atoms with Gasteiger partial charge in [-0.15, -0.1) is 21.5 Å². The molecule has 4 rings (SSSR count). The Hall–Kier alpha value is -4.49. The highest BCUT2D eigenvalue weighted by atomic mass is 32.2. The van der Waals surface area contributed by atoms with Crippen molar-refractivity contribution in [2.24, 2.45) is 0 Å². The van der Waals surface area contributed by atoms with Gasteiger partial charge in [0.2, 0.25) is 11.8 Å². The molecule has 2 N–H and O–H groups in total. The van der Waals surface area contributed by atoms with Gasteiger partial charge in [-0.3, -0.25) is 14.2 Å². The van der Waals surface area contributed by atoms with Crippen LogP contribution >= 0.6 is 23.1 Å². The minimum Gasteiger partial charge on any atom is -0.462 e. The number of aryl methyl sites for hydroxylation is 2. The number of thiophene rings is 1. The molecule has 45 heavy (non-hydrogen) atoms. The van der Waals surface area contributed by atoms with Gasteiger partial charge in [0.05, 0.1) is 43.2 Å². The van der Waals surface area contributed by atoms with E-state index in [1.54, 1.807) is 20.8 Å². The molecule has 2 aromatic carbocycles. The maximum atomic E-state index is 13.2. The average Bonchev–Trinajstić information content (AvgIpc) is 3.57. The standard InChI is InChI=1S/C32H35N5O6S2/c1-6-42-30(40)27-21(5)28(31(41)43-7-2)45-29(27)34-26(39)18-44-32-36-35-24(37(32)23-15-19(3)13-14-20(23)4)17-33-25(38)16-22-11-9-8-10-12-22/h8-15H,6-7,16-18H2,1-5H3,(H,33,38)(H,34,39). The van der Waals surface area contributed by atoms with Crippen molar-refractivity contribution in [1.82, 2.24) is 20.1 Å². The zero-order valence-corrected chi connectivity index (χ0v) is 27.4. The van der Waals surface area contributed by atoms with Gasteiger partial charge in [-0.1, -0.05) is 54.2 Å². The number of rotatable bonds is 13. The fourth-order valence-electron chi connectivity index (χ4n) is 4.47. The number of ether oxygens (including phenoxy) is 2. The molecule has 4 aromatic rings. The normalized spacial score (nSPS) is 10.8. The number of nitrogens with zero attached hydrogens (tertiary/aromatic N) is 3. The van der Waals surface area contributed by atoms with Crippen LogP contribution in [0.1, 0.15) is 62.0 Å². The quantitative estimate of drug-likeness (QED) is 0.148. The Morgan fingerprint density at radius 2 is 1.62 bits per heavy atom. The van der Waals surface area contributed by atoms with E-state index >= 15 is 0 Å². The fraction of sp³-hybridized carbons (Fsp3) is 0.312. The number of hydrogen-bond donors (Lipinski definition) is 2. The van der Waals surface area contributed by atoms with Crippen molar-refractivity contribution < 1.29 is 28.7 Å². The van der Waals surface area contributed by atoms with Gasteiger partial charge in [0.1, 0.15) is 9.88 Å². The monoisotopic (exact) mass is 649 g/mol. The number of carbonyl (C=O) groups is 4. The van der Waals surface area contributed by atoms with Crippen molar-refractivity contribution in [3.63, 3.8) is 0 Å². The van der Waals surface area contributed by atoms with Gasteiger partial charge in [0.25, 0.3) is 0 Å². The van der Waals surface area contributed by atoms with E-state index in [-0.39, 0.29) is 53.3 Å². The lowest BCUT2D eigenvalue weighted by molar-refractivity contribution is -0.120. The molecule has 0 bridgehead atoms. The van der Waals surface area contributed by atoms with Gasteiger partial charge < -0.3 is 20.1 Å². The van der Waals surface area contributed by atoms with Crippen LogP contribution in [0.3, 0.4) is 0 Å². The summed E-state index contributed by atoms with van der Waals surface area (Å²) in [5.41, 5.74) is 4.21. The lowest BCUT2D eigenvalue weighted by atomic mass is 10.1. The largest absolute Gasteiger partial charge is 0.462 e. The SMILES string of the molecule is CCOC(=O)c1sc(NC(=O)CSc2nnc(CNC(=O)Cc3ccccc3)n2-c2cc(C)ccc2C)c(C(=O)OCC)c1C. The third-order valence-corrected chi connectivity index (χ3v) is 8.75. The van der Waals surface area contributed by atoms with Crippen molar-refractivity contribution in [3.8, 4) is 5.69 Å². The molecule has 13 heteroatoms. The second-order valence-corrected chi connectivity index (χ2v) is 12.0. The number of anilines is 1. The molecule has 0 radical (unpaired) electrons.